The van der Waals surface area contributed by atoms with E-state index in [1.165, 1.54) is 25.7 Å². The van der Waals surface area contributed by atoms with E-state index in [0.717, 1.165) is 23.2 Å². The zero-order chi connectivity index (χ0) is 11.4. The SMILES string of the molecule is N[C@H]1CC[C@H](CNc2cccc(Cl)c2)CC1. The molecule has 0 aliphatic heterocycles. The highest BCUT2D eigenvalue weighted by Gasteiger charge is 2.17. The fourth-order valence-corrected chi connectivity index (χ4v) is 2.44. The zero-order valence-electron chi connectivity index (χ0n) is 9.45. The minimum absolute atomic E-state index is 0.433. The topological polar surface area (TPSA) is 38.0 Å². The van der Waals surface area contributed by atoms with Crippen LogP contribution in [0.4, 0.5) is 5.69 Å². The van der Waals surface area contributed by atoms with Gasteiger partial charge in [0.25, 0.3) is 0 Å². The number of rotatable bonds is 3. The molecule has 0 unspecified atom stereocenters. The van der Waals surface area contributed by atoms with Crippen LogP contribution >= 0.6 is 11.6 Å². The van der Waals surface area contributed by atoms with Gasteiger partial charge in [-0.3, -0.25) is 0 Å². The van der Waals surface area contributed by atoms with E-state index in [2.05, 4.69) is 11.4 Å². The first kappa shape index (κ1) is 11.7. The van der Waals surface area contributed by atoms with Crippen LogP contribution in [0.25, 0.3) is 0 Å². The molecule has 1 aromatic rings. The molecule has 0 spiro atoms. The van der Waals surface area contributed by atoms with Crippen LogP contribution in [0.5, 0.6) is 0 Å². The first-order chi connectivity index (χ1) is 7.74. The van der Waals surface area contributed by atoms with Gasteiger partial charge in [0.2, 0.25) is 0 Å². The molecule has 0 radical (unpaired) electrons. The molecule has 1 fully saturated rings. The van der Waals surface area contributed by atoms with E-state index < -0.39 is 0 Å². The van der Waals surface area contributed by atoms with Crippen LogP contribution in [0.2, 0.25) is 5.02 Å². The molecule has 88 valence electrons. The predicted molar refractivity (Wildman–Crippen MR) is 69.9 cm³/mol. The van der Waals surface area contributed by atoms with Crippen LogP contribution < -0.4 is 11.1 Å². The van der Waals surface area contributed by atoms with Gasteiger partial charge >= 0.3 is 0 Å². The molecule has 0 amide bonds. The number of hydrogen-bond donors (Lipinski definition) is 2. The van der Waals surface area contributed by atoms with Gasteiger partial charge in [-0.25, -0.2) is 0 Å². The minimum Gasteiger partial charge on any atom is -0.385 e. The number of nitrogens with two attached hydrogens (primary N) is 1. The maximum Gasteiger partial charge on any atom is 0.0426 e. The molecule has 0 atom stereocenters. The highest BCUT2D eigenvalue weighted by molar-refractivity contribution is 6.30. The van der Waals surface area contributed by atoms with Crippen LogP contribution in [0.3, 0.4) is 0 Å². The van der Waals surface area contributed by atoms with Gasteiger partial charge in [-0.2, -0.15) is 0 Å². The van der Waals surface area contributed by atoms with Crippen molar-refractivity contribution in [3.8, 4) is 0 Å². The van der Waals surface area contributed by atoms with Gasteiger partial charge in [-0.05, 0) is 49.8 Å². The van der Waals surface area contributed by atoms with Crippen molar-refractivity contribution in [3.05, 3.63) is 29.3 Å². The second kappa shape index (κ2) is 5.55. The van der Waals surface area contributed by atoms with E-state index >= 15 is 0 Å². The average molecular weight is 239 g/mol. The molecule has 0 saturated heterocycles. The van der Waals surface area contributed by atoms with Crippen LogP contribution in [0.15, 0.2) is 24.3 Å². The van der Waals surface area contributed by atoms with Gasteiger partial charge in [-0.1, -0.05) is 17.7 Å². The Morgan fingerprint density at radius 2 is 2.00 bits per heavy atom. The molecule has 1 aliphatic rings. The zero-order valence-corrected chi connectivity index (χ0v) is 10.2. The Balaban J connectivity index is 1.79. The lowest BCUT2D eigenvalue weighted by atomic mass is 9.86. The van der Waals surface area contributed by atoms with Crippen molar-refractivity contribution in [2.75, 3.05) is 11.9 Å². The fraction of sp³-hybridized carbons (Fsp3) is 0.538. The fourth-order valence-electron chi connectivity index (χ4n) is 2.25. The summed E-state index contributed by atoms with van der Waals surface area (Å²) in [6.07, 6.45) is 4.83. The lowest BCUT2D eigenvalue weighted by Crippen LogP contribution is -2.29. The summed E-state index contributed by atoms with van der Waals surface area (Å²) in [5.41, 5.74) is 7.00. The normalized spacial score (nSPS) is 25.4. The third-order valence-corrected chi connectivity index (χ3v) is 3.55. The molecule has 1 aromatic carbocycles. The Bertz CT molecular complexity index is 332. The largest absolute Gasteiger partial charge is 0.385 e. The van der Waals surface area contributed by atoms with Crippen molar-refractivity contribution in [1.82, 2.24) is 0 Å². The molecule has 1 saturated carbocycles. The first-order valence-corrected chi connectivity index (χ1v) is 6.37. The lowest BCUT2D eigenvalue weighted by molar-refractivity contribution is 0.339. The summed E-state index contributed by atoms with van der Waals surface area (Å²) < 4.78 is 0. The summed E-state index contributed by atoms with van der Waals surface area (Å²) in [4.78, 5) is 0. The predicted octanol–water partition coefficient (Wildman–Crippen LogP) is 3.27. The smallest absolute Gasteiger partial charge is 0.0426 e. The maximum atomic E-state index is 5.93. The number of halogens is 1. The maximum absolute atomic E-state index is 5.93. The molecule has 2 rings (SSSR count). The monoisotopic (exact) mass is 238 g/mol. The third kappa shape index (κ3) is 3.39. The van der Waals surface area contributed by atoms with Crippen molar-refractivity contribution in [3.63, 3.8) is 0 Å². The van der Waals surface area contributed by atoms with Gasteiger partial charge in [0.1, 0.15) is 0 Å². The van der Waals surface area contributed by atoms with E-state index in [1.54, 1.807) is 0 Å². The van der Waals surface area contributed by atoms with Crippen molar-refractivity contribution in [2.45, 2.75) is 31.7 Å². The van der Waals surface area contributed by atoms with E-state index in [4.69, 9.17) is 17.3 Å². The van der Waals surface area contributed by atoms with Crippen molar-refractivity contribution < 1.29 is 0 Å². The quantitative estimate of drug-likeness (QED) is 0.848. The summed E-state index contributed by atoms with van der Waals surface area (Å²) in [6, 6.07) is 8.33. The third-order valence-electron chi connectivity index (χ3n) is 3.31. The van der Waals surface area contributed by atoms with Crippen LogP contribution in [-0.4, -0.2) is 12.6 Å². The molecule has 0 bridgehead atoms. The molecular formula is C13H19ClN2. The average Bonchev–Trinajstić information content (AvgIpc) is 2.28. The molecule has 16 heavy (non-hydrogen) atoms. The second-order valence-electron chi connectivity index (χ2n) is 4.67. The summed E-state index contributed by atoms with van der Waals surface area (Å²) >= 11 is 5.93. The summed E-state index contributed by atoms with van der Waals surface area (Å²) in [5, 5.41) is 4.23. The highest BCUT2D eigenvalue weighted by atomic mass is 35.5. The Kier molecular flexibility index (Phi) is 4.08. The molecule has 1 aliphatic carbocycles. The van der Waals surface area contributed by atoms with Gasteiger partial charge in [0.15, 0.2) is 0 Å². The molecule has 2 nitrogen and oxygen atoms in total. The van der Waals surface area contributed by atoms with Crippen LogP contribution in [0.1, 0.15) is 25.7 Å². The lowest BCUT2D eigenvalue weighted by Gasteiger charge is -2.26. The number of benzene rings is 1. The number of hydrogen-bond acceptors (Lipinski definition) is 2. The Morgan fingerprint density at radius 1 is 1.25 bits per heavy atom. The van der Waals surface area contributed by atoms with Gasteiger partial charge in [0, 0.05) is 23.3 Å². The Hall–Kier alpha value is -0.730. The van der Waals surface area contributed by atoms with Gasteiger partial charge in [0.05, 0.1) is 0 Å². The van der Waals surface area contributed by atoms with E-state index in [1.807, 2.05) is 18.2 Å². The molecule has 0 aromatic heterocycles. The van der Waals surface area contributed by atoms with Crippen LogP contribution in [0, 0.1) is 5.92 Å². The van der Waals surface area contributed by atoms with E-state index in [-0.39, 0.29) is 0 Å². The van der Waals surface area contributed by atoms with E-state index in [9.17, 15) is 0 Å². The van der Waals surface area contributed by atoms with Crippen LogP contribution in [-0.2, 0) is 0 Å². The van der Waals surface area contributed by atoms with Crippen molar-refractivity contribution >= 4 is 17.3 Å². The first-order valence-electron chi connectivity index (χ1n) is 5.99. The summed E-state index contributed by atoms with van der Waals surface area (Å²) in [7, 11) is 0. The van der Waals surface area contributed by atoms with Crippen molar-refractivity contribution in [1.29, 1.82) is 0 Å². The number of nitrogens with one attached hydrogen (secondary N) is 1. The molecule has 3 heteroatoms. The standard InChI is InChI=1S/C13H19ClN2/c14-11-2-1-3-13(8-11)16-9-10-4-6-12(15)7-5-10/h1-3,8,10,12,16H,4-7,9,15H2/t10-,12-. The van der Waals surface area contributed by atoms with Gasteiger partial charge in [-0.15, -0.1) is 0 Å². The molecule has 0 heterocycles. The summed E-state index contributed by atoms with van der Waals surface area (Å²) in [5.74, 6) is 0.763. The number of anilines is 1. The van der Waals surface area contributed by atoms with Gasteiger partial charge < -0.3 is 11.1 Å². The van der Waals surface area contributed by atoms with Crippen molar-refractivity contribution in [2.24, 2.45) is 11.7 Å². The highest BCUT2D eigenvalue weighted by Crippen LogP contribution is 2.24. The summed E-state index contributed by atoms with van der Waals surface area (Å²) in [6.45, 7) is 1.03. The molecular weight excluding hydrogens is 220 g/mol. The second-order valence-corrected chi connectivity index (χ2v) is 5.11. The molecule has 3 N–H and O–H groups in total. The van der Waals surface area contributed by atoms with E-state index in [0.29, 0.717) is 6.04 Å². The minimum atomic E-state index is 0.433. The Labute approximate surface area is 102 Å². The Morgan fingerprint density at radius 3 is 2.69 bits per heavy atom.